The highest BCUT2D eigenvalue weighted by atomic mass is 19.1. The van der Waals surface area contributed by atoms with E-state index in [-0.39, 0.29) is 23.2 Å². The minimum atomic E-state index is -0.648. The van der Waals surface area contributed by atoms with Crippen molar-refractivity contribution in [2.45, 2.75) is 53.6 Å². The van der Waals surface area contributed by atoms with Crippen molar-refractivity contribution < 1.29 is 23.1 Å². The van der Waals surface area contributed by atoms with Gasteiger partial charge in [-0.3, -0.25) is 14.4 Å². The van der Waals surface area contributed by atoms with Crippen molar-refractivity contribution >= 4 is 23.0 Å². The highest BCUT2D eigenvalue weighted by molar-refractivity contribution is 5.83. The Hall–Kier alpha value is -4.11. The van der Waals surface area contributed by atoms with E-state index in [1.807, 2.05) is 34.6 Å². The maximum absolute atomic E-state index is 15.1. The molecule has 0 atom stereocenters. The molecule has 2 N–H and O–H groups in total. The van der Waals surface area contributed by atoms with Crippen LogP contribution in [0.2, 0.25) is 0 Å². The van der Waals surface area contributed by atoms with Crippen LogP contribution in [0, 0.1) is 5.82 Å². The summed E-state index contributed by atoms with van der Waals surface area (Å²) >= 11 is 0. The number of ether oxygens (including phenoxy) is 1. The van der Waals surface area contributed by atoms with Gasteiger partial charge in [0, 0.05) is 23.4 Å². The molecule has 0 bridgehead atoms. The van der Waals surface area contributed by atoms with Crippen LogP contribution in [0.25, 0.3) is 27.8 Å². The number of aldehydes is 1. The summed E-state index contributed by atoms with van der Waals surface area (Å²) in [4.78, 5) is 36.0. The van der Waals surface area contributed by atoms with Crippen molar-refractivity contribution in [2.24, 2.45) is 5.73 Å². The lowest BCUT2D eigenvalue weighted by atomic mass is 9.86. The van der Waals surface area contributed by atoms with Gasteiger partial charge in [0.2, 0.25) is 0 Å². The second-order valence-electron chi connectivity index (χ2n) is 8.94. The molecule has 2 aromatic carbocycles. The molecule has 0 unspecified atom stereocenters. The average molecular weight is 524 g/mol. The van der Waals surface area contributed by atoms with Crippen LogP contribution >= 0.6 is 0 Å². The van der Waals surface area contributed by atoms with Crippen molar-refractivity contribution in [2.75, 3.05) is 7.05 Å². The van der Waals surface area contributed by atoms with Gasteiger partial charge in [-0.2, -0.15) is 9.78 Å². The van der Waals surface area contributed by atoms with E-state index >= 15 is 4.39 Å². The van der Waals surface area contributed by atoms with Crippen LogP contribution in [0.5, 0.6) is 0 Å². The second kappa shape index (κ2) is 12.9. The summed E-state index contributed by atoms with van der Waals surface area (Å²) in [6.45, 7) is 11.0. The van der Waals surface area contributed by atoms with Crippen molar-refractivity contribution in [3.05, 3.63) is 81.7 Å². The molecule has 0 saturated carbocycles. The van der Waals surface area contributed by atoms with Gasteiger partial charge in [-0.25, -0.2) is 4.39 Å². The molecule has 0 amide bonds. The van der Waals surface area contributed by atoms with Crippen LogP contribution in [-0.4, -0.2) is 29.1 Å². The van der Waals surface area contributed by atoms with Gasteiger partial charge >= 0.3 is 5.97 Å². The van der Waals surface area contributed by atoms with Crippen molar-refractivity contribution in [3.8, 4) is 17.0 Å². The molecule has 0 aliphatic rings. The summed E-state index contributed by atoms with van der Waals surface area (Å²) in [5.74, 6) is -0.686. The van der Waals surface area contributed by atoms with E-state index in [0.717, 1.165) is 10.2 Å². The van der Waals surface area contributed by atoms with E-state index in [0.29, 0.717) is 34.2 Å². The third-order valence-corrected chi connectivity index (χ3v) is 5.51. The Bertz CT molecular complexity index is 1480. The molecule has 4 aromatic rings. The zero-order valence-corrected chi connectivity index (χ0v) is 22.8. The highest BCUT2D eigenvalue weighted by Crippen LogP contribution is 2.31. The molecule has 4 rings (SSSR count). The van der Waals surface area contributed by atoms with E-state index in [1.165, 1.54) is 32.3 Å². The normalized spacial score (nSPS) is 10.7. The van der Waals surface area contributed by atoms with Crippen molar-refractivity contribution in [3.63, 3.8) is 0 Å². The Balaban J connectivity index is 0.00000121. The summed E-state index contributed by atoms with van der Waals surface area (Å²) in [5.41, 5.74) is 5.52. The molecule has 0 radical (unpaired) electrons. The lowest BCUT2D eigenvalue weighted by Gasteiger charge is -2.20. The van der Waals surface area contributed by atoms with E-state index in [1.54, 1.807) is 30.3 Å². The number of benzene rings is 2. The number of hydrogen-bond acceptors (Lipinski definition) is 7. The number of esters is 1. The Kier molecular flexibility index (Phi) is 10.2. The average Bonchev–Trinajstić information content (AvgIpc) is 3.38. The van der Waals surface area contributed by atoms with E-state index < -0.39 is 17.3 Å². The smallest absolute Gasteiger partial charge is 0.302 e. The number of rotatable bonds is 5. The minimum Gasteiger partial charge on any atom is -0.461 e. The summed E-state index contributed by atoms with van der Waals surface area (Å²) in [6, 6.07) is 11.2. The van der Waals surface area contributed by atoms with Crippen molar-refractivity contribution in [1.29, 1.82) is 0 Å². The van der Waals surface area contributed by atoms with E-state index in [4.69, 9.17) is 9.15 Å². The Morgan fingerprint density at radius 2 is 1.84 bits per heavy atom. The SMILES string of the molecule is CC.CC(=O)OCc1c(-c2ccc(C=O)o2)cccc1-n1ncc2cc(C(C)(C)C)cc(F)c2c1=O.CN. The summed E-state index contributed by atoms with van der Waals surface area (Å²) < 4.78 is 27.0. The first-order valence-electron chi connectivity index (χ1n) is 12.2. The van der Waals surface area contributed by atoms with Crippen LogP contribution in [0.3, 0.4) is 0 Å². The first kappa shape index (κ1) is 30.1. The van der Waals surface area contributed by atoms with Gasteiger partial charge in [0.25, 0.3) is 5.56 Å². The number of halogens is 1. The van der Waals surface area contributed by atoms with Crippen LogP contribution < -0.4 is 11.3 Å². The van der Waals surface area contributed by atoms with Crippen LogP contribution in [-0.2, 0) is 21.6 Å². The maximum atomic E-state index is 15.1. The van der Waals surface area contributed by atoms with Crippen LogP contribution in [0.1, 0.15) is 63.2 Å². The summed E-state index contributed by atoms with van der Waals surface area (Å²) in [6.07, 6.45) is 2.01. The van der Waals surface area contributed by atoms with Gasteiger partial charge in [-0.1, -0.05) is 46.8 Å². The fourth-order valence-corrected chi connectivity index (χ4v) is 3.73. The number of hydrogen-bond donors (Lipinski definition) is 1. The highest BCUT2D eigenvalue weighted by Gasteiger charge is 2.21. The van der Waals surface area contributed by atoms with Gasteiger partial charge < -0.3 is 14.9 Å². The fourth-order valence-electron chi connectivity index (χ4n) is 3.73. The molecule has 0 fully saturated rings. The molecule has 0 aliphatic carbocycles. The predicted octanol–water partition coefficient (Wildman–Crippen LogP) is 5.56. The largest absolute Gasteiger partial charge is 0.461 e. The van der Waals surface area contributed by atoms with Crippen LogP contribution in [0.15, 0.2) is 57.9 Å². The first-order chi connectivity index (χ1) is 18.1. The number of carbonyl (C=O) groups excluding carboxylic acids is 2. The molecule has 2 heterocycles. The van der Waals surface area contributed by atoms with Gasteiger partial charge in [0.1, 0.15) is 18.2 Å². The third-order valence-electron chi connectivity index (χ3n) is 5.51. The van der Waals surface area contributed by atoms with Gasteiger partial charge in [0.05, 0.1) is 17.3 Å². The second-order valence-corrected chi connectivity index (χ2v) is 8.94. The molecule has 9 heteroatoms. The molecular formula is C29H34FN3O5. The third kappa shape index (κ3) is 6.41. The van der Waals surface area contributed by atoms with Crippen LogP contribution in [0.4, 0.5) is 4.39 Å². The Morgan fingerprint density at radius 1 is 1.16 bits per heavy atom. The monoisotopic (exact) mass is 523 g/mol. The number of nitrogens with zero attached hydrogens (tertiary/aromatic N) is 2. The topological polar surface area (TPSA) is 117 Å². The molecular weight excluding hydrogens is 489 g/mol. The molecule has 0 spiro atoms. The van der Waals surface area contributed by atoms with E-state index in [2.05, 4.69) is 10.8 Å². The Morgan fingerprint density at radius 3 is 2.42 bits per heavy atom. The molecule has 8 nitrogen and oxygen atoms in total. The number of furan rings is 1. The number of nitrogens with two attached hydrogens (primary N) is 1. The Labute approximate surface area is 221 Å². The van der Waals surface area contributed by atoms with Crippen molar-refractivity contribution in [1.82, 2.24) is 9.78 Å². The number of fused-ring (bicyclic) bond motifs is 1. The molecule has 38 heavy (non-hydrogen) atoms. The maximum Gasteiger partial charge on any atom is 0.302 e. The summed E-state index contributed by atoms with van der Waals surface area (Å²) in [7, 11) is 1.50. The first-order valence-corrected chi connectivity index (χ1v) is 12.2. The lowest BCUT2D eigenvalue weighted by Crippen LogP contribution is -2.24. The predicted molar refractivity (Wildman–Crippen MR) is 146 cm³/mol. The minimum absolute atomic E-state index is 0.0897. The standard InChI is InChI=1S/C26H23FN2O5.C2H6.CH5N/c1-15(31)33-14-20-19(23-9-8-18(13-30)34-23)6-5-7-22(20)29-25(32)24-16(12-28-29)10-17(11-21(24)27)26(2,3)4;2*1-2/h5-13H,14H2,1-4H3;1-2H3;2H2,1H3. The van der Waals surface area contributed by atoms with Gasteiger partial charge in [-0.15, -0.1) is 0 Å². The molecule has 2 aromatic heterocycles. The quantitative estimate of drug-likeness (QED) is 0.269. The molecule has 0 aliphatic heterocycles. The number of aromatic nitrogens is 2. The number of carbonyl (C=O) groups is 2. The fraction of sp³-hybridized carbons (Fsp3) is 0.310. The molecule has 0 saturated heterocycles. The lowest BCUT2D eigenvalue weighted by molar-refractivity contribution is -0.142. The van der Waals surface area contributed by atoms with Gasteiger partial charge in [-0.05, 0) is 48.4 Å². The molecule has 202 valence electrons. The zero-order valence-electron chi connectivity index (χ0n) is 22.8. The van der Waals surface area contributed by atoms with E-state index in [9.17, 15) is 14.4 Å². The zero-order chi connectivity index (χ0) is 28.6. The van der Waals surface area contributed by atoms with Gasteiger partial charge in [0.15, 0.2) is 12.0 Å². The summed E-state index contributed by atoms with van der Waals surface area (Å²) in [5, 5.41) is 4.60.